The number of ketones is 4. The van der Waals surface area contributed by atoms with Crippen molar-refractivity contribution in [2.24, 2.45) is 0 Å². The van der Waals surface area contributed by atoms with Gasteiger partial charge in [0, 0.05) is 145 Å². The number of hydrogen-bond donors (Lipinski definition) is 4. The van der Waals surface area contributed by atoms with Gasteiger partial charge in [-0.1, -0.05) is 142 Å². The van der Waals surface area contributed by atoms with E-state index in [1.807, 2.05) is 114 Å². The summed E-state index contributed by atoms with van der Waals surface area (Å²) >= 11 is 1.41. The Bertz CT molecular complexity index is 5220. The first-order chi connectivity index (χ1) is 61.7. The lowest BCUT2D eigenvalue weighted by atomic mass is 9.81. The molecule has 32 heteroatoms. The molecule has 0 saturated heterocycles. The molecule has 11 rings (SSSR count). The highest BCUT2D eigenvalue weighted by Gasteiger charge is 2.38. The van der Waals surface area contributed by atoms with Gasteiger partial charge in [0.1, 0.15) is 34.1 Å². The highest BCUT2D eigenvalue weighted by molar-refractivity contribution is 7.13. The smallest absolute Gasteiger partial charge is 0.330 e. The number of nitrogens with zero attached hydrogens (tertiary/aromatic N) is 4. The molecule has 0 spiro atoms. The number of anilines is 1. The highest BCUT2D eigenvalue weighted by Crippen LogP contribution is 2.38. The van der Waals surface area contributed by atoms with Crippen molar-refractivity contribution < 1.29 is 110 Å². The standard InChI is InChI=1S/C18H20O4.C17H20N2O4.C17H21NO3.C16H16FNO4.C16H18N2O4.C13H18N2O3S/c1-12-6-5-8-14-15(12)11-17(20)16(14)10-13(19)7-3-4-9-18(21)22-2;1-3-14(16(21)18-10-6-9-15(20)23-2)19-11-12-7-4-5-8-13(12)17(19)22;1-18-12-14-8-4-3-7-13(14)11-15(18)16(19)9-5-6-10-17(20)21-2;1-22-15(20)3-2-6-18-16(21)14-9-12(19)7-10-4-5-11(17)8-13(10)14;1-18-13-7-4-3-6-11(13)12(10-14(18)19)16(21)17-9-5-8-15(20)22-2;1-8(2)13-15-9(3)11(19-13)12(17)14-7-5-6-10(16)18-4/h4-6,8-9,16H,3,7,10-11H2,1-2H3;4-9,14H,3,10-11H2,1-2H3,(H,18,21);3-4,6-8,10,15H,5,9,11-12H2,1-2H3;2-5,8,14H,6-7,9H2,1H3,(H,18,21);3-8,12H,9-10H2,1-2H3,(H,17,21);5-6,8H,7H2,1-4H3,(H,14,17)/b9-4+;9-6+;10-6+;3-2+;8-5+;6-5+. The second kappa shape index (κ2) is 53.8. The SMILES string of the molecule is CCC(C(=O)NC/C=C/C(=O)OC)N1Cc2ccccc2C1=O.COC(=O)/C=C/CCC(=O)C1Cc2ccccc2CN1C.COC(=O)/C=C/CCC(=O)CC1C(=O)Cc2c(C)cccc21.COC(=O)/C=C/CNC(=O)C1CC(=O)Cc2ccc(F)cc21.COC(=O)/C=C/CNC(=O)C1CC(=O)N(C)c2ccccc21.COC(=O)/C=C/CNC(=O)c1sc(C(C)C)nc1C. The van der Waals surface area contributed by atoms with Gasteiger partial charge < -0.3 is 59.5 Å². The Kier molecular flexibility index (Phi) is 43.4. The topological polar surface area (TPSA) is 399 Å². The van der Waals surface area contributed by atoms with Gasteiger partial charge >= 0.3 is 35.8 Å². The van der Waals surface area contributed by atoms with Gasteiger partial charge in [0.2, 0.25) is 23.6 Å². The third kappa shape index (κ3) is 32.6. The van der Waals surface area contributed by atoms with Crippen LogP contribution in [0.2, 0.25) is 0 Å². The molecule has 0 saturated carbocycles. The van der Waals surface area contributed by atoms with E-state index in [-0.39, 0.29) is 128 Å². The lowest BCUT2D eigenvalue weighted by Gasteiger charge is -2.33. The van der Waals surface area contributed by atoms with Crippen LogP contribution in [0.1, 0.15) is 177 Å². The van der Waals surface area contributed by atoms with Crippen LogP contribution in [0.25, 0.3) is 0 Å². The molecular weight excluding hydrogens is 1680 g/mol. The summed E-state index contributed by atoms with van der Waals surface area (Å²) < 4.78 is 40.2. The van der Waals surface area contributed by atoms with Crippen molar-refractivity contribution in [2.75, 3.05) is 87.8 Å². The molecular formula is C97H113FN8O22S. The van der Waals surface area contributed by atoms with Gasteiger partial charge in [-0.3, -0.25) is 52.8 Å². The van der Waals surface area contributed by atoms with Crippen LogP contribution in [-0.2, 0) is 128 Å². The lowest BCUT2D eigenvalue weighted by molar-refractivity contribution is -0.135. The molecule has 4 heterocycles. The molecule has 3 aliphatic heterocycles. The first-order valence-corrected chi connectivity index (χ1v) is 42.6. The van der Waals surface area contributed by atoms with Crippen molar-refractivity contribution >= 4 is 111 Å². The Morgan fingerprint density at radius 2 is 1.04 bits per heavy atom. The number of allylic oxidation sites excluding steroid dienone is 2. The summed E-state index contributed by atoms with van der Waals surface area (Å²) in [4.78, 5) is 197. The van der Waals surface area contributed by atoms with Crippen LogP contribution in [0.4, 0.5) is 10.1 Å². The number of amides is 6. The molecule has 2 aliphatic carbocycles. The number of esters is 6. The largest absolute Gasteiger partial charge is 0.466 e. The summed E-state index contributed by atoms with van der Waals surface area (Å²) in [6.45, 7) is 11.8. The molecule has 6 aromatic rings. The second-order valence-electron chi connectivity index (χ2n) is 30.2. The fourth-order valence-electron chi connectivity index (χ4n) is 14.2. The molecule has 5 aromatic carbocycles. The maximum absolute atomic E-state index is 13.4. The Morgan fingerprint density at radius 1 is 0.535 bits per heavy atom. The van der Waals surface area contributed by atoms with Crippen molar-refractivity contribution in [1.82, 2.24) is 36.1 Å². The number of para-hydroxylation sites is 1. The van der Waals surface area contributed by atoms with E-state index in [1.54, 1.807) is 47.2 Å². The minimum Gasteiger partial charge on any atom is -0.466 e. The predicted octanol–water partition coefficient (Wildman–Crippen LogP) is 10.3. The van der Waals surface area contributed by atoms with E-state index in [1.165, 1.54) is 132 Å². The van der Waals surface area contributed by atoms with Crippen LogP contribution < -0.4 is 26.2 Å². The third-order valence-corrected chi connectivity index (χ3v) is 22.5. The first kappa shape index (κ1) is 104. The van der Waals surface area contributed by atoms with Crippen LogP contribution in [0.3, 0.4) is 0 Å². The molecule has 30 nitrogen and oxygen atoms in total. The molecule has 0 bridgehead atoms. The van der Waals surface area contributed by atoms with Crippen molar-refractivity contribution in [3.63, 3.8) is 0 Å². The van der Waals surface area contributed by atoms with Crippen molar-refractivity contribution in [3.8, 4) is 0 Å². The monoisotopic (exact) mass is 1790 g/mol. The van der Waals surface area contributed by atoms with E-state index in [4.69, 9.17) is 0 Å². The Labute approximate surface area is 754 Å². The number of fused-ring (bicyclic) bond motifs is 5. The Morgan fingerprint density at radius 3 is 1.59 bits per heavy atom. The van der Waals surface area contributed by atoms with Crippen molar-refractivity contribution in [2.45, 2.75) is 154 Å². The van der Waals surface area contributed by atoms with E-state index in [2.05, 4.69) is 71.7 Å². The molecule has 1 aromatic heterocycles. The third-order valence-electron chi connectivity index (χ3n) is 21.1. The van der Waals surface area contributed by atoms with Crippen LogP contribution in [0, 0.1) is 19.7 Å². The number of methoxy groups -OCH3 is 6. The number of likely N-dealkylation sites (N-methyl/N-ethyl adjacent to an activating group) is 1. The molecule has 4 N–H and O–H groups in total. The first-order valence-electron chi connectivity index (χ1n) is 41.8. The van der Waals surface area contributed by atoms with E-state index in [0.717, 1.165) is 57.2 Å². The molecule has 5 atom stereocenters. The van der Waals surface area contributed by atoms with Gasteiger partial charge in [0.05, 0.1) is 77.2 Å². The summed E-state index contributed by atoms with van der Waals surface area (Å²) in [5, 5.41) is 11.7. The van der Waals surface area contributed by atoms with Crippen molar-refractivity contribution in [1.29, 1.82) is 0 Å². The van der Waals surface area contributed by atoms with Gasteiger partial charge in [-0.15, -0.1) is 11.3 Å². The highest BCUT2D eigenvalue weighted by atomic mass is 32.1. The number of Topliss-reactive ketones (excluding diaryl/α,β-unsaturated/α-hetero) is 4. The van der Waals surface area contributed by atoms with Gasteiger partial charge in [0.25, 0.3) is 11.8 Å². The van der Waals surface area contributed by atoms with E-state index in [9.17, 15) is 81.1 Å². The maximum atomic E-state index is 13.4. The Balaban J connectivity index is 0.000000239. The van der Waals surface area contributed by atoms with Crippen LogP contribution >= 0.6 is 11.3 Å². The molecule has 5 aliphatic rings. The number of nitrogens with one attached hydrogen (secondary N) is 4. The molecule has 686 valence electrons. The summed E-state index contributed by atoms with van der Waals surface area (Å²) in [6.07, 6.45) is 21.2. The fraction of sp³-hybridized carbons (Fsp3) is 0.371. The zero-order valence-corrected chi connectivity index (χ0v) is 75.7. The van der Waals surface area contributed by atoms with Gasteiger partial charge in [-0.25, -0.2) is 38.1 Å². The number of carbonyl (C=O) groups is 16. The molecule has 6 amide bonds. The second-order valence-corrected chi connectivity index (χ2v) is 31.3. The summed E-state index contributed by atoms with van der Waals surface area (Å²) in [6, 6.07) is 32.4. The maximum Gasteiger partial charge on any atom is 0.330 e. The van der Waals surface area contributed by atoms with Crippen LogP contribution in [0.5, 0.6) is 0 Å². The minimum atomic E-state index is -0.696. The number of carbonyl (C=O) groups excluding carboxylic acids is 16. The number of aromatic nitrogens is 1. The average molecular weight is 1790 g/mol. The number of halogens is 1. The number of rotatable bonds is 30. The van der Waals surface area contributed by atoms with Gasteiger partial charge in [-0.2, -0.15) is 0 Å². The zero-order chi connectivity index (χ0) is 94.8. The fourth-order valence-corrected chi connectivity index (χ4v) is 15.2. The number of aryl methyl sites for hydroxylation is 2. The normalized spacial score (nSPS) is 16.0. The molecule has 5 unspecified atom stereocenters. The van der Waals surface area contributed by atoms with Gasteiger partial charge in [0.15, 0.2) is 5.78 Å². The zero-order valence-electron chi connectivity index (χ0n) is 74.9. The quantitative estimate of drug-likeness (QED) is 0.0185. The van der Waals surface area contributed by atoms with Crippen LogP contribution in [-0.4, -0.2) is 204 Å². The number of benzene rings is 5. The van der Waals surface area contributed by atoms with E-state index in [0.29, 0.717) is 72.6 Å². The van der Waals surface area contributed by atoms with Crippen molar-refractivity contribution in [3.05, 3.63) is 259 Å². The molecule has 0 fully saturated rings. The number of ether oxygens (including phenoxy) is 6. The Hall–Kier alpha value is -13.6. The average Bonchev–Trinajstić information content (AvgIpc) is 1.71. The number of thiazole rings is 1. The predicted molar refractivity (Wildman–Crippen MR) is 480 cm³/mol. The molecule has 0 radical (unpaired) electrons. The summed E-state index contributed by atoms with van der Waals surface area (Å²) in [5.41, 5.74) is 10.9. The van der Waals surface area contributed by atoms with Crippen LogP contribution in [0.15, 0.2) is 182 Å². The lowest BCUT2D eigenvalue weighted by Crippen LogP contribution is -2.46. The van der Waals surface area contributed by atoms with E-state index >= 15 is 0 Å². The summed E-state index contributed by atoms with van der Waals surface area (Å²) in [5.74, 6) is -5.22. The van der Waals surface area contributed by atoms with Gasteiger partial charge in [-0.05, 0) is 121 Å². The number of hydrogen-bond acceptors (Lipinski definition) is 25. The van der Waals surface area contributed by atoms with E-state index < -0.39 is 53.5 Å². The molecule has 129 heavy (non-hydrogen) atoms. The minimum absolute atomic E-state index is 0.0437. The summed E-state index contributed by atoms with van der Waals surface area (Å²) in [7, 11) is 11.5.